The van der Waals surface area contributed by atoms with Gasteiger partial charge >= 0.3 is 0 Å². The topological polar surface area (TPSA) is 104 Å². The Morgan fingerprint density at radius 3 is 2.82 bits per heavy atom. The zero-order chi connectivity index (χ0) is 19.7. The van der Waals surface area contributed by atoms with Gasteiger partial charge in [-0.2, -0.15) is 5.10 Å². The van der Waals surface area contributed by atoms with Gasteiger partial charge in [-0.15, -0.1) is 0 Å². The molecular formula is C20H20FN5O2. The summed E-state index contributed by atoms with van der Waals surface area (Å²) in [6.45, 7) is 0.465. The van der Waals surface area contributed by atoms with Crippen LogP contribution in [-0.2, 0) is 9.59 Å². The highest BCUT2D eigenvalue weighted by Gasteiger charge is 2.36. The number of hydrogen-bond acceptors (Lipinski definition) is 4. The first-order valence-electron chi connectivity index (χ1n) is 9.08. The minimum Gasteiger partial charge on any atom is -0.329 e. The summed E-state index contributed by atoms with van der Waals surface area (Å²) in [6, 6.07) is 9.43. The van der Waals surface area contributed by atoms with E-state index in [1.165, 1.54) is 29.2 Å². The number of benzene rings is 2. The van der Waals surface area contributed by atoms with Gasteiger partial charge in [0.2, 0.25) is 11.8 Å². The number of nitrogens with two attached hydrogens (primary N) is 1. The third kappa shape index (κ3) is 3.46. The van der Waals surface area contributed by atoms with Crippen molar-refractivity contribution in [2.75, 3.05) is 11.9 Å². The maximum Gasteiger partial charge on any atom is 0.247 e. The number of H-pyrrole nitrogens is 1. The van der Waals surface area contributed by atoms with Gasteiger partial charge in [0.25, 0.3) is 0 Å². The van der Waals surface area contributed by atoms with Crippen molar-refractivity contribution in [2.24, 2.45) is 5.73 Å². The number of carbonyl (C=O) groups is 2. The van der Waals surface area contributed by atoms with E-state index < -0.39 is 17.9 Å². The molecule has 1 aromatic heterocycles. The van der Waals surface area contributed by atoms with Crippen molar-refractivity contribution in [3.8, 4) is 0 Å². The molecule has 28 heavy (non-hydrogen) atoms. The molecule has 144 valence electrons. The van der Waals surface area contributed by atoms with Crippen molar-refractivity contribution >= 4 is 28.4 Å². The molecule has 0 bridgehead atoms. The molecule has 3 aromatic rings. The fraction of sp³-hybridized carbons (Fsp3) is 0.250. The number of halogens is 1. The van der Waals surface area contributed by atoms with E-state index in [0.717, 1.165) is 17.3 Å². The molecule has 4 N–H and O–H groups in total. The molecule has 1 aliphatic heterocycles. The van der Waals surface area contributed by atoms with Gasteiger partial charge < -0.3 is 16.0 Å². The third-order valence-corrected chi connectivity index (χ3v) is 5.04. The van der Waals surface area contributed by atoms with Gasteiger partial charge in [-0.1, -0.05) is 12.1 Å². The first kappa shape index (κ1) is 18.1. The molecule has 2 heterocycles. The number of amides is 2. The molecule has 0 spiro atoms. The zero-order valence-electron chi connectivity index (χ0n) is 15.1. The summed E-state index contributed by atoms with van der Waals surface area (Å²) in [5.41, 5.74) is 8.11. The van der Waals surface area contributed by atoms with E-state index >= 15 is 0 Å². The maximum atomic E-state index is 13.1. The smallest absolute Gasteiger partial charge is 0.247 e. The van der Waals surface area contributed by atoms with E-state index in [1.807, 2.05) is 12.1 Å². The van der Waals surface area contributed by atoms with Gasteiger partial charge in [0.15, 0.2) is 0 Å². The molecule has 2 amide bonds. The fourth-order valence-corrected chi connectivity index (χ4v) is 3.54. The van der Waals surface area contributed by atoms with E-state index in [9.17, 15) is 14.0 Å². The molecule has 1 unspecified atom stereocenters. The van der Waals surface area contributed by atoms with Crippen LogP contribution in [0.1, 0.15) is 24.4 Å². The zero-order valence-corrected chi connectivity index (χ0v) is 15.1. The summed E-state index contributed by atoms with van der Waals surface area (Å²) in [5, 5.41) is 10.6. The van der Waals surface area contributed by atoms with Crippen LogP contribution in [0.5, 0.6) is 0 Å². The van der Waals surface area contributed by atoms with Crippen LogP contribution in [0.4, 0.5) is 10.1 Å². The Labute approximate surface area is 160 Å². The van der Waals surface area contributed by atoms with Crippen molar-refractivity contribution in [2.45, 2.75) is 24.9 Å². The van der Waals surface area contributed by atoms with Crippen LogP contribution in [0, 0.1) is 5.82 Å². The van der Waals surface area contributed by atoms with Gasteiger partial charge in [0.1, 0.15) is 17.9 Å². The normalized spacial score (nSPS) is 17.6. The van der Waals surface area contributed by atoms with Crippen molar-refractivity contribution in [3.05, 3.63) is 60.0 Å². The Hall–Kier alpha value is -3.26. The highest BCUT2D eigenvalue weighted by atomic mass is 19.1. The molecule has 4 rings (SSSR count). The van der Waals surface area contributed by atoms with Crippen LogP contribution in [-0.4, -0.2) is 39.5 Å². The van der Waals surface area contributed by atoms with Crippen LogP contribution < -0.4 is 11.1 Å². The Balaban J connectivity index is 1.48. The predicted molar refractivity (Wildman–Crippen MR) is 103 cm³/mol. The molecule has 1 saturated heterocycles. The summed E-state index contributed by atoms with van der Waals surface area (Å²) in [4.78, 5) is 27.2. The highest BCUT2D eigenvalue weighted by Crippen LogP contribution is 2.24. The summed E-state index contributed by atoms with van der Waals surface area (Å²) >= 11 is 0. The second kappa shape index (κ2) is 7.40. The van der Waals surface area contributed by atoms with E-state index in [0.29, 0.717) is 24.2 Å². The number of hydrogen-bond donors (Lipinski definition) is 3. The molecule has 1 fully saturated rings. The minimum atomic E-state index is -0.934. The number of carbonyl (C=O) groups excluding carboxylic acids is 2. The fourth-order valence-electron chi connectivity index (χ4n) is 3.54. The summed E-state index contributed by atoms with van der Waals surface area (Å²) < 4.78 is 13.1. The van der Waals surface area contributed by atoms with Crippen molar-refractivity contribution < 1.29 is 14.0 Å². The SMILES string of the molecule is NC(C(=O)N1CCC[C@H]1C(=O)Nc1ccc2[nH]ncc2c1)c1ccc(F)cc1. The van der Waals surface area contributed by atoms with E-state index in [2.05, 4.69) is 15.5 Å². The van der Waals surface area contributed by atoms with Crippen molar-refractivity contribution in [3.63, 3.8) is 0 Å². The monoisotopic (exact) mass is 381 g/mol. The maximum absolute atomic E-state index is 13.1. The molecule has 2 atom stereocenters. The molecule has 0 radical (unpaired) electrons. The molecule has 8 heteroatoms. The summed E-state index contributed by atoms with van der Waals surface area (Å²) in [5.74, 6) is -0.981. The Morgan fingerprint density at radius 2 is 2.04 bits per heavy atom. The lowest BCUT2D eigenvalue weighted by Gasteiger charge is -2.27. The number of aromatic nitrogens is 2. The number of anilines is 1. The Morgan fingerprint density at radius 1 is 1.25 bits per heavy atom. The van der Waals surface area contributed by atoms with Crippen LogP contribution in [0.15, 0.2) is 48.7 Å². The second-order valence-corrected chi connectivity index (χ2v) is 6.88. The van der Waals surface area contributed by atoms with E-state index in [4.69, 9.17) is 5.73 Å². The van der Waals surface area contributed by atoms with E-state index in [1.54, 1.807) is 12.3 Å². The van der Waals surface area contributed by atoms with Crippen molar-refractivity contribution in [1.82, 2.24) is 15.1 Å². The predicted octanol–water partition coefficient (Wildman–Crippen LogP) is 2.33. The van der Waals surface area contributed by atoms with Gasteiger partial charge in [0.05, 0.1) is 11.7 Å². The molecule has 2 aromatic carbocycles. The lowest BCUT2D eigenvalue weighted by molar-refractivity contribution is -0.137. The molecule has 1 aliphatic rings. The van der Waals surface area contributed by atoms with Gasteiger partial charge in [-0.25, -0.2) is 4.39 Å². The van der Waals surface area contributed by atoms with Crippen LogP contribution in [0.2, 0.25) is 0 Å². The average Bonchev–Trinajstić information content (AvgIpc) is 3.36. The number of rotatable bonds is 4. The summed E-state index contributed by atoms with van der Waals surface area (Å²) in [6.07, 6.45) is 2.97. The number of nitrogens with zero attached hydrogens (tertiary/aromatic N) is 2. The lowest BCUT2D eigenvalue weighted by atomic mass is 10.1. The molecule has 7 nitrogen and oxygen atoms in total. The number of likely N-dealkylation sites (tertiary alicyclic amines) is 1. The number of fused-ring (bicyclic) bond motifs is 1. The van der Waals surface area contributed by atoms with Crippen LogP contribution >= 0.6 is 0 Å². The van der Waals surface area contributed by atoms with Crippen molar-refractivity contribution in [1.29, 1.82) is 0 Å². The standard InChI is InChI=1S/C20H20FN5O2/c21-14-5-3-12(4-6-14)18(22)20(28)26-9-1-2-17(26)19(27)24-15-7-8-16-13(10-15)11-23-25-16/h3-8,10-11,17-18H,1-2,9,22H2,(H,23,25)(H,24,27)/t17-,18?/m0/s1. The second-order valence-electron chi connectivity index (χ2n) is 6.88. The van der Waals surface area contributed by atoms with Gasteiger partial charge in [-0.3, -0.25) is 14.7 Å². The van der Waals surface area contributed by atoms with Gasteiger partial charge in [-0.05, 0) is 48.7 Å². The first-order valence-corrected chi connectivity index (χ1v) is 9.08. The molecule has 0 aliphatic carbocycles. The third-order valence-electron chi connectivity index (χ3n) is 5.04. The summed E-state index contributed by atoms with van der Waals surface area (Å²) in [7, 11) is 0. The minimum absolute atomic E-state index is 0.250. The number of nitrogens with one attached hydrogen (secondary N) is 2. The lowest BCUT2D eigenvalue weighted by Crippen LogP contribution is -2.46. The largest absolute Gasteiger partial charge is 0.329 e. The highest BCUT2D eigenvalue weighted by molar-refractivity contribution is 5.99. The molecular weight excluding hydrogens is 361 g/mol. The Kier molecular flexibility index (Phi) is 4.79. The number of aromatic amines is 1. The quantitative estimate of drug-likeness (QED) is 0.645. The van der Waals surface area contributed by atoms with Crippen LogP contribution in [0.25, 0.3) is 10.9 Å². The molecule has 0 saturated carbocycles. The van der Waals surface area contributed by atoms with Gasteiger partial charge in [0, 0.05) is 17.6 Å². The Bertz CT molecular complexity index is 1020. The first-order chi connectivity index (χ1) is 13.5. The van der Waals surface area contributed by atoms with E-state index in [-0.39, 0.29) is 11.8 Å². The van der Waals surface area contributed by atoms with Crippen LogP contribution in [0.3, 0.4) is 0 Å². The average molecular weight is 381 g/mol.